The number of halogens is 2. The van der Waals surface area contributed by atoms with Gasteiger partial charge in [0.05, 0.1) is 0 Å². The summed E-state index contributed by atoms with van der Waals surface area (Å²) < 4.78 is 13.8. The summed E-state index contributed by atoms with van der Waals surface area (Å²) in [5, 5.41) is 2.08. The molecule has 0 saturated carbocycles. The van der Waals surface area contributed by atoms with Gasteiger partial charge in [-0.15, -0.1) is 23.7 Å². The van der Waals surface area contributed by atoms with Crippen molar-refractivity contribution in [2.75, 3.05) is 26.7 Å². The topological polar surface area (TPSA) is 32.5 Å². The van der Waals surface area contributed by atoms with Gasteiger partial charge in [0, 0.05) is 42.6 Å². The van der Waals surface area contributed by atoms with E-state index in [-0.39, 0.29) is 17.9 Å². The molecular weight excluding hydrogens is 309 g/mol. The summed E-state index contributed by atoms with van der Waals surface area (Å²) >= 11 is 1.74. The largest absolute Gasteiger partial charge is 0.324 e. The maximum atomic E-state index is 13.8. The van der Waals surface area contributed by atoms with Gasteiger partial charge in [-0.3, -0.25) is 4.90 Å². The van der Waals surface area contributed by atoms with Crippen molar-refractivity contribution >= 4 is 23.7 Å². The Labute approximate surface area is 137 Å². The summed E-state index contributed by atoms with van der Waals surface area (Å²) in [7, 11) is 2.07. The molecule has 0 aliphatic carbocycles. The van der Waals surface area contributed by atoms with Crippen molar-refractivity contribution in [3.8, 4) is 0 Å². The molecule has 1 aromatic rings. The predicted octanol–water partition coefficient (Wildman–Crippen LogP) is 2.75. The summed E-state index contributed by atoms with van der Waals surface area (Å²) in [5.74, 6) is 0. The van der Waals surface area contributed by atoms with E-state index in [0.717, 1.165) is 19.6 Å². The third kappa shape index (κ3) is 6.20. The molecule has 2 rings (SSSR count). The van der Waals surface area contributed by atoms with Gasteiger partial charge in [-0.25, -0.2) is 4.39 Å². The number of hydrogen-bond acceptors (Lipinski definition) is 4. The first-order chi connectivity index (χ1) is 9.33. The zero-order valence-electron chi connectivity index (χ0n) is 13.1. The van der Waals surface area contributed by atoms with Gasteiger partial charge < -0.3 is 10.6 Å². The predicted molar refractivity (Wildman–Crippen MR) is 91.0 cm³/mol. The van der Waals surface area contributed by atoms with Crippen molar-refractivity contribution in [1.82, 2.24) is 9.80 Å². The average molecular weight is 336 g/mol. The second-order valence-electron chi connectivity index (χ2n) is 6.68. The van der Waals surface area contributed by atoms with Gasteiger partial charge in [0.1, 0.15) is 6.17 Å². The molecule has 122 valence electrons. The lowest BCUT2D eigenvalue weighted by Crippen LogP contribution is -2.47. The monoisotopic (exact) mass is 335 g/mol. The first-order valence-corrected chi connectivity index (χ1v) is 8.09. The van der Waals surface area contributed by atoms with Gasteiger partial charge in [-0.05, 0) is 38.8 Å². The summed E-state index contributed by atoms with van der Waals surface area (Å²) in [6.45, 7) is 7.18. The Morgan fingerprint density at radius 2 is 2.24 bits per heavy atom. The number of alkyl halides is 1. The third-order valence-electron chi connectivity index (χ3n) is 3.62. The van der Waals surface area contributed by atoms with Crippen LogP contribution in [0.15, 0.2) is 17.5 Å². The molecule has 1 fully saturated rings. The third-order valence-corrected chi connectivity index (χ3v) is 4.48. The van der Waals surface area contributed by atoms with Gasteiger partial charge >= 0.3 is 0 Å². The van der Waals surface area contributed by atoms with Gasteiger partial charge in [-0.2, -0.15) is 0 Å². The molecule has 0 unspecified atom stereocenters. The average Bonchev–Trinajstić information content (AvgIpc) is 2.87. The minimum Gasteiger partial charge on any atom is -0.324 e. The molecular formula is C15H27ClFN3S. The van der Waals surface area contributed by atoms with E-state index in [2.05, 4.69) is 34.4 Å². The minimum absolute atomic E-state index is 0. The molecule has 3 nitrogen and oxygen atoms in total. The van der Waals surface area contributed by atoms with Crippen LogP contribution in [-0.2, 0) is 6.54 Å². The molecule has 1 aromatic heterocycles. The Hall–Kier alpha value is -0.200. The van der Waals surface area contributed by atoms with Gasteiger partial charge in [-0.1, -0.05) is 6.07 Å². The van der Waals surface area contributed by atoms with Crippen LogP contribution in [-0.4, -0.2) is 54.2 Å². The maximum Gasteiger partial charge on any atom is 0.114 e. The second-order valence-corrected chi connectivity index (χ2v) is 7.71. The van der Waals surface area contributed by atoms with Gasteiger partial charge in [0.25, 0.3) is 0 Å². The van der Waals surface area contributed by atoms with Gasteiger partial charge in [0.15, 0.2) is 0 Å². The molecule has 1 saturated heterocycles. The fourth-order valence-corrected chi connectivity index (χ4v) is 3.76. The van der Waals surface area contributed by atoms with Crippen molar-refractivity contribution in [2.24, 2.45) is 5.73 Å². The Morgan fingerprint density at radius 1 is 1.52 bits per heavy atom. The van der Waals surface area contributed by atoms with Crippen molar-refractivity contribution in [3.05, 3.63) is 22.4 Å². The van der Waals surface area contributed by atoms with Crippen LogP contribution in [0, 0.1) is 0 Å². The first-order valence-electron chi connectivity index (χ1n) is 7.21. The first kappa shape index (κ1) is 18.8. The van der Waals surface area contributed by atoms with E-state index < -0.39 is 6.17 Å². The fourth-order valence-electron chi connectivity index (χ4n) is 3.03. The standard InChI is InChI=1S/C15H26FN3S.ClH/c1-15(2,17)11-18(3)9-13-7-12(16)8-19(13)10-14-5-4-6-20-14;/h4-6,12-13H,7-11,17H2,1-3H3;1H/t12-,13-;/m0./s1. The highest BCUT2D eigenvalue weighted by Gasteiger charge is 2.33. The lowest BCUT2D eigenvalue weighted by atomic mass is 10.1. The Balaban J connectivity index is 0.00000220. The summed E-state index contributed by atoms with van der Waals surface area (Å²) in [6.07, 6.45) is -0.0555. The lowest BCUT2D eigenvalue weighted by Gasteiger charge is -2.31. The number of nitrogens with zero attached hydrogens (tertiary/aromatic N) is 2. The highest BCUT2D eigenvalue weighted by Crippen LogP contribution is 2.24. The van der Waals surface area contributed by atoms with E-state index in [1.54, 1.807) is 11.3 Å². The van der Waals surface area contributed by atoms with Gasteiger partial charge in [0.2, 0.25) is 0 Å². The van der Waals surface area contributed by atoms with Crippen LogP contribution in [0.3, 0.4) is 0 Å². The Bertz CT molecular complexity index is 408. The molecule has 0 bridgehead atoms. The number of likely N-dealkylation sites (tertiary alicyclic amines) is 1. The van der Waals surface area contributed by atoms with Crippen LogP contribution in [0.5, 0.6) is 0 Å². The van der Waals surface area contributed by atoms with E-state index in [1.165, 1.54) is 4.88 Å². The summed E-state index contributed by atoms with van der Waals surface area (Å²) in [4.78, 5) is 5.81. The van der Waals surface area contributed by atoms with E-state index in [1.807, 2.05) is 13.8 Å². The van der Waals surface area contributed by atoms with Crippen molar-refractivity contribution < 1.29 is 4.39 Å². The molecule has 2 heterocycles. The molecule has 1 aliphatic rings. The van der Waals surface area contributed by atoms with Crippen molar-refractivity contribution in [2.45, 2.75) is 44.6 Å². The number of likely N-dealkylation sites (N-methyl/N-ethyl adjacent to an activating group) is 1. The highest BCUT2D eigenvalue weighted by molar-refractivity contribution is 7.09. The zero-order valence-corrected chi connectivity index (χ0v) is 14.7. The van der Waals surface area contributed by atoms with E-state index in [9.17, 15) is 4.39 Å². The van der Waals surface area contributed by atoms with Crippen LogP contribution in [0.2, 0.25) is 0 Å². The second kappa shape index (κ2) is 7.88. The number of thiophene rings is 1. The summed E-state index contributed by atoms with van der Waals surface area (Å²) in [6, 6.07) is 4.47. The smallest absolute Gasteiger partial charge is 0.114 e. The molecule has 21 heavy (non-hydrogen) atoms. The highest BCUT2D eigenvalue weighted by atomic mass is 35.5. The molecule has 2 atom stereocenters. The lowest BCUT2D eigenvalue weighted by molar-refractivity contribution is 0.170. The molecule has 0 radical (unpaired) electrons. The molecule has 1 aliphatic heterocycles. The van der Waals surface area contributed by atoms with E-state index in [4.69, 9.17) is 5.73 Å². The molecule has 2 N–H and O–H groups in total. The molecule has 0 amide bonds. The molecule has 6 heteroatoms. The quantitative estimate of drug-likeness (QED) is 0.867. The number of hydrogen-bond donors (Lipinski definition) is 1. The Morgan fingerprint density at radius 3 is 2.81 bits per heavy atom. The molecule has 0 spiro atoms. The van der Waals surface area contributed by atoms with Crippen LogP contribution < -0.4 is 5.73 Å². The van der Waals surface area contributed by atoms with Crippen molar-refractivity contribution in [1.29, 1.82) is 0 Å². The SMILES string of the molecule is CN(C[C@@H]1C[C@H](F)CN1Cc1cccs1)CC(C)(C)N.Cl. The number of nitrogens with two attached hydrogens (primary N) is 1. The van der Waals surface area contributed by atoms with Crippen LogP contribution in [0.25, 0.3) is 0 Å². The van der Waals surface area contributed by atoms with Crippen LogP contribution >= 0.6 is 23.7 Å². The van der Waals surface area contributed by atoms with Crippen molar-refractivity contribution in [3.63, 3.8) is 0 Å². The zero-order chi connectivity index (χ0) is 14.8. The normalized spacial score (nSPS) is 23.5. The minimum atomic E-state index is -0.695. The van der Waals surface area contributed by atoms with Crippen LogP contribution in [0.4, 0.5) is 4.39 Å². The van der Waals surface area contributed by atoms with E-state index >= 15 is 0 Å². The van der Waals surface area contributed by atoms with E-state index in [0.29, 0.717) is 19.0 Å². The summed E-state index contributed by atoms with van der Waals surface area (Å²) in [5.41, 5.74) is 5.85. The molecule has 0 aromatic carbocycles. The number of rotatable bonds is 6. The fraction of sp³-hybridized carbons (Fsp3) is 0.733. The van der Waals surface area contributed by atoms with Crippen LogP contribution in [0.1, 0.15) is 25.1 Å². The maximum absolute atomic E-state index is 13.8. The Kier molecular flexibility index (Phi) is 7.07.